The number of anilines is 2. The van der Waals surface area contributed by atoms with E-state index in [2.05, 4.69) is 108 Å². The molecule has 0 atom stereocenters. The van der Waals surface area contributed by atoms with Crippen molar-refractivity contribution >= 4 is 11.4 Å². The number of hydrogen-bond acceptors (Lipinski definition) is 6. The maximum atomic E-state index is 5.64. The third kappa shape index (κ3) is 5.72. The summed E-state index contributed by atoms with van der Waals surface area (Å²) in [6, 6.07) is 24.0. The van der Waals surface area contributed by atoms with Crippen molar-refractivity contribution in [1.29, 1.82) is 0 Å². The van der Waals surface area contributed by atoms with E-state index in [0.717, 1.165) is 37.7 Å². The summed E-state index contributed by atoms with van der Waals surface area (Å²) in [6.07, 6.45) is 0.150. The van der Waals surface area contributed by atoms with Crippen molar-refractivity contribution < 1.29 is 9.47 Å². The van der Waals surface area contributed by atoms with Crippen LogP contribution in [0.1, 0.15) is 22.9 Å². The van der Waals surface area contributed by atoms with Crippen LogP contribution in [0.3, 0.4) is 0 Å². The van der Waals surface area contributed by atoms with Crippen LogP contribution < -0.4 is 19.3 Å². The summed E-state index contributed by atoms with van der Waals surface area (Å²) in [5.74, 6) is 1.52. The van der Waals surface area contributed by atoms with E-state index in [1.807, 2.05) is 6.07 Å². The van der Waals surface area contributed by atoms with Gasteiger partial charge in [0.15, 0.2) is 11.5 Å². The Bertz CT molecular complexity index is 1040. The van der Waals surface area contributed by atoms with Crippen LogP contribution in [0.15, 0.2) is 66.7 Å². The van der Waals surface area contributed by atoms with Crippen molar-refractivity contribution in [2.75, 3.05) is 65.3 Å². The average Bonchev–Trinajstić information content (AvgIpc) is 3.25. The van der Waals surface area contributed by atoms with Gasteiger partial charge in [-0.25, -0.2) is 0 Å². The van der Waals surface area contributed by atoms with Gasteiger partial charge < -0.3 is 19.3 Å². The maximum Gasteiger partial charge on any atom is 0.161 e. The molecule has 0 aliphatic carbocycles. The number of benzene rings is 3. The van der Waals surface area contributed by atoms with E-state index in [1.54, 1.807) is 14.2 Å². The molecule has 0 amide bonds. The highest BCUT2D eigenvalue weighted by Gasteiger charge is 2.33. The van der Waals surface area contributed by atoms with Crippen molar-refractivity contribution in [3.63, 3.8) is 0 Å². The van der Waals surface area contributed by atoms with E-state index < -0.39 is 0 Å². The quantitative estimate of drug-likeness (QED) is 0.441. The van der Waals surface area contributed by atoms with Gasteiger partial charge in [-0.2, -0.15) is 0 Å². The number of methoxy groups -OCH3 is 2. The second-order valence-electron chi connectivity index (χ2n) is 9.55. The van der Waals surface area contributed by atoms with Crippen LogP contribution in [0.25, 0.3) is 0 Å². The summed E-state index contributed by atoms with van der Waals surface area (Å²) in [5.41, 5.74) is 6.29. The molecule has 6 heteroatoms. The molecule has 0 radical (unpaired) electrons. The van der Waals surface area contributed by atoms with Gasteiger partial charge in [0.1, 0.15) is 0 Å². The van der Waals surface area contributed by atoms with Gasteiger partial charge in [-0.05, 0) is 53.1 Å². The first-order valence-electron chi connectivity index (χ1n) is 12.1. The first kappa shape index (κ1) is 24.9. The highest BCUT2D eigenvalue weighted by atomic mass is 16.5. The van der Waals surface area contributed by atoms with Gasteiger partial charge in [-0.15, -0.1) is 0 Å². The number of hydrogen-bond donors (Lipinski definition) is 0. The summed E-state index contributed by atoms with van der Waals surface area (Å²) in [6.45, 7) is 3.79. The molecule has 1 saturated heterocycles. The van der Waals surface area contributed by atoms with Crippen molar-refractivity contribution in [3.05, 3.63) is 83.4 Å². The van der Waals surface area contributed by atoms with E-state index in [1.165, 1.54) is 28.1 Å². The molecule has 0 spiro atoms. The SMILES string of the molecule is COc1ccc(C2N(Cc3ccc(N(C)C)cc3)CCN2Cc2ccc(N(C)C)cc2)cc1OC. The van der Waals surface area contributed by atoms with Gasteiger partial charge in [-0.1, -0.05) is 30.3 Å². The molecular weight excluding hydrogens is 436 g/mol. The smallest absolute Gasteiger partial charge is 0.161 e. The van der Waals surface area contributed by atoms with Crippen LogP contribution in [0.2, 0.25) is 0 Å². The van der Waals surface area contributed by atoms with Gasteiger partial charge in [0.25, 0.3) is 0 Å². The van der Waals surface area contributed by atoms with Crippen LogP contribution in [-0.2, 0) is 13.1 Å². The lowest BCUT2D eigenvalue weighted by atomic mass is 10.1. The van der Waals surface area contributed by atoms with Crippen LogP contribution in [0, 0.1) is 0 Å². The van der Waals surface area contributed by atoms with Gasteiger partial charge in [-0.3, -0.25) is 9.80 Å². The normalized spacial score (nSPS) is 14.8. The summed E-state index contributed by atoms with van der Waals surface area (Å²) in [5, 5.41) is 0. The molecule has 0 unspecified atom stereocenters. The Labute approximate surface area is 210 Å². The molecule has 1 heterocycles. The predicted octanol–water partition coefficient (Wildman–Crippen LogP) is 4.85. The van der Waals surface area contributed by atoms with Crippen LogP contribution >= 0.6 is 0 Å². The molecule has 6 nitrogen and oxygen atoms in total. The number of rotatable bonds is 9. The first-order chi connectivity index (χ1) is 16.9. The van der Waals surface area contributed by atoms with E-state index in [0.29, 0.717) is 0 Å². The minimum atomic E-state index is 0.150. The van der Waals surface area contributed by atoms with Crippen molar-refractivity contribution in [2.45, 2.75) is 19.3 Å². The van der Waals surface area contributed by atoms with Crippen LogP contribution in [0.4, 0.5) is 11.4 Å². The van der Waals surface area contributed by atoms with Crippen LogP contribution in [0.5, 0.6) is 11.5 Å². The first-order valence-corrected chi connectivity index (χ1v) is 12.1. The third-order valence-corrected chi connectivity index (χ3v) is 6.75. The Hall–Kier alpha value is -3.22. The fraction of sp³-hybridized carbons (Fsp3) is 0.379. The molecule has 1 fully saturated rings. The summed E-state index contributed by atoms with van der Waals surface area (Å²) in [4.78, 5) is 9.38. The van der Waals surface area contributed by atoms with E-state index in [4.69, 9.17) is 9.47 Å². The van der Waals surface area contributed by atoms with Gasteiger partial charge in [0, 0.05) is 65.7 Å². The predicted molar refractivity (Wildman–Crippen MR) is 145 cm³/mol. The average molecular weight is 475 g/mol. The Morgan fingerprint density at radius 1 is 0.657 bits per heavy atom. The molecule has 3 aromatic rings. The molecule has 0 N–H and O–H groups in total. The zero-order chi connectivity index (χ0) is 24.9. The molecule has 0 aromatic heterocycles. The Kier molecular flexibility index (Phi) is 7.83. The van der Waals surface area contributed by atoms with Crippen molar-refractivity contribution in [1.82, 2.24) is 9.80 Å². The number of ether oxygens (including phenoxy) is 2. The second-order valence-corrected chi connectivity index (χ2v) is 9.55. The Balaban J connectivity index is 1.61. The fourth-order valence-electron chi connectivity index (χ4n) is 4.77. The van der Waals surface area contributed by atoms with Gasteiger partial charge >= 0.3 is 0 Å². The molecule has 1 aliphatic rings. The standard InChI is InChI=1S/C29H38N4O2/c1-30(2)25-12-7-22(8-13-25)20-32-17-18-33(21-23-9-14-26(15-10-23)31(3)4)29(32)24-11-16-27(34-5)28(19-24)35-6/h7-16,19,29H,17-18,20-21H2,1-6H3. The zero-order valence-corrected chi connectivity index (χ0v) is 21.9. The molecule has 1 aliphatic heterocycles. The minimum absolute atomic E-state index is 0.150. The second kappa shape index (κ2) is 11.0. The lowest BCUT2D eigenvalue weighted by Crippen LogP contribution is -2.30. The topological polar surface area (TPSA) is 31.4 Å². The molecule has 0 saturated carbocycles. The molecule has 35 heavy (non-hydrogen) atoms. The Morgan fingerprint density at radius 3 is 1.51 bits per heavy atom. The monoisotopic (exact) mass is 474 g/mol. The van der Waals surface area contributed by atoms with Gasteiger partial charge in [0.2, 0.25) is 0 Å². The molecule has 186 valence electrons. The van der Waals surface area contributed by atoms with Crippen LogP contribution in [-0.4, -0.2) is 65.3 Å². The van der Waals surface area contributed by atoms with Gasteiger partial charge in [0.05, 0.1) is 20.4 Å². The summed E-state index contributed by atoms with van der Waals surface area (Å²) < 4.78 is 11.1. The summed E-state index contributed by atoms with van der Waals surface area (Å²) >= 11 is 0. The third-order valence-electron chi connectivity index (χ3n) is 6.75. The van der Waals surface area contributed by atoms with Crippen molar-refractivity contribution in [2.24, 2.45) is 0 Å². The van der Waals surface area contributed by atoms with Crippen molar-refractivity contribution in [3.8, 4) is 11.5 Å². The summed E-state index contributed by atoms with van der Waals surface area (Å²) in [7, 11) is 11.7. The highest BCUT2D eigenvalue weighted by molar-refractivity contribution is 5.47. The molecular formula is C29H38N4O2. The lowest BCUT2D eigenvalue weighted by molar-refractivity contribution is 0.125. The molecule has 3 aromatic carbocycles. The fourth-order valence-corrected chi connectivity index (χ4v) is 4.77. The van der Waals surface area contributed by atoms with E-state index in [9.17, 15) is 0 Å². The largest absolute Gasteiger partial charge is 0.493 e. The highest BCUT2D eigenvalue weighted by Crippen LogP contribution is 2.37. The van der Waals surface area contributed by atoms with E-state index >= 15 is 0 Å². The Morgan fingerprint density at radius 2 is 1.11 bits per heavy atom. The zero-order valence-electron chi connectivity index (χ0n) is 21.9. The molecule has 0 bridgehead atoms. The maximum absolute atomic E-state index is 5.64. The number of nitrogens with zero attached hydrogens (tertiary/aromatic N) is 4. The molecule has 4 rings (SSSR count). The minimum Gasteiger partial charge on any atom is -0.493 e. The van der Waals surface area contributed by atoms with E-state index in [-0.39, 0.29) is 6.17 Å². The lowest BCUT2D eigenvalue weighted by Gasteiger charge is -2.31.